The van der Waals surface area contributed by atoms with Crippen molar-refractivity contribution in [1.29, 1.82) is 0 Å². The van der Waals surface area contributed by atoms with Crippen molar-refractivity contribution in [2.24, 2.45) is 0 Å². The van der Waals surface area contributed by atoms with Crippen molar-refractivity contribution >= 4 is 33.4 Å². The number of rotatable bonds is 9. The van der Waals surface area contributed by atoms with Crippen molar-refractivity contribution in [3.8, 4) is 0 Å². The third-order valence-corrected chi connectivity index (χ3v) is 7.24. The maximum atomic E-state index is 14.5. The van der Waals surface area contributed by atoms with Crippen molar-refractivity contribution < 1.29 is 17.6 Å². The van der Waals surface area contributed by atoms with E-state index in [0.29, 0.717) is 12.3 Å². The number of carbonyl (C=O) groups is 1. The molecule has 0 unspecified atom stereocenters. The van der Waals surface area contributed by atoms with Gasteiger partial charge in [0.05, 0.1) is 10.6 Å². The molecule has 0 atom stereocenters. The van der Waals surface area contributed by atoms with E-state index in [2.05, 4.69) is 5.32 Å². The van der Waals surface area contributed by atoms with Crippen LogP contribution >= 0.6 is 11.8 Å². The second-order valence-corrected chi connectivity index (χ2v) is 9.82. The summed E-state index contributed by atoms with van der Waals surface area (Å²) in [6.45, 7) is 1.67. The maximum Gasteiger partial charge on any atom is 0.264 e. The van der Waals surface area contributed by atoms with Gasteiger partial charge in [0.15, 0.2) is 0 Å². The third-order valence-electron chi connectivity index (χ3n) is 4.45. The molecule has 3 aromatic rings. The van der Waals surface area contributed by atoms with Crippen LogP contribution in [0.15, 0.2) is 88.7 Å². The Kier molecular flexibility index (Phi) is 7.70. The van der Waals surface area contributed by atoms with Crippen LogP contribution in [0, 0.1) is 12.7 Å². The van der Waals surface area contributed by atoms with E-state index in [1.165, 1.54) is 36.4 Å². The Bertz CT molecular complexity index is 1120. The minimum Gasteiger partial charge on any atom is -0.354 e. The SMILES string of the molecule is Cc1ccc(S(=O)(=O)N(CC(=O)NCCSc2ccccc2)c2ccccc2F)cc1. The van der Waals surface area contributed by atoms with Crippen molar-refractivity contribution in [1.82, 2.24) is 5.32 Å². The summed E-state index contributed by atoms with van der Waals surface area (Å²) < 4.78 is 41.7. The largest absolute Gasteiger partial charge is 0.354 e. The van der Waals surface area contributed by atoms with Crippen LogP contribution in [0.1, 0.15) is 5.56 Å². The van der Waals surface area contributed by atoms with Gasteiger partial charge >= 0.3 is 0 Å². The molecular weight excluding hydrogens is 435 g/mol. The van der Waals surface area contributed by atoms with Crippen LogP contribution in [0.3, 0.4) is 0 Å². The fourth-order valence-electron chi connectivity index (χ4n) is 2.85. The third kappa shape index (κ3) is 6.08. The molecule has 0 bridgehead atoms. The Balaban J connectivity index is 1.73. The zero-order chi connectivity index (χ0) is 22.3. The van der Waals surface area contributed by atoms with Crippen molar-refractivity contribution in [3.63, 3.8) is 0 Å². The number of para-hydroxylation sites is 1. The van der Waals surface area contributed by atoms with E-state index in [9.17, 15) is 17.6 Å². The van der Waals surface area contributed by atoms with Crippen molar-refractivity contribution in [2.75, 3.05) is 23.1 Å². The molecule has 0 saturated heterocycles. The number of hydrogen-bond acceptors (Lipinski definition) is 4. The quantitative estimate of drug-likeness (QED) is 0.385. The Labute approximate surface area is 186 Å². The maximum absolute atomic E-state index is 14.5. The molecule has 0 fully saturated rings. The van der Waals surface area contributed by atoms with E-state index in [4.69, 9.17) is 0 Å². The van der Waals surface area contributed by atoms with Gasteiger partial charge in [0.25, 0.3) is 10.0 Å². The highest BCUT2D eigenvalue weighted by atomic mass is 32.2. The van der Waals surface area contributed by atoms with Gasteiger partial charge in [0, 0.05) is 17.2 Å². The predicted molar refractivity (Wildman–Crippen MR) is 122 cm³/mol. The summed E-state index contributed by atoms with van der Waals surface area (Å²) in [7, 11) is -4.13. The number of anilines is 1. The number of hydrogen-bond donors (Lipinski definition) is 1. The molecule has 5 nitrogen and oxygen atoms in total. The molecule has 0 saturated carbocycles. The van der Waals surface area contributed by atoms with Crippen LogP contribution in [0.5, 0.6) is 0 Å². The number of nitrogens with zero attached hydrogens (tertiary/aromatic N) is 1. The zero-order valence-corrected chi connectivity index (χ0v) is 18.6. The number of thioether (sulfide) groups is 1. The smallest absolute Gasteiger partial charge is 0.264 e. The highest BCUT2D eigenvalue weighted by molar-refractivity contribution is 7.99. The molecule has 3 rings (SSSR count). The molecule has 0 heterocycles. The van der Waals surface area contributed by atoms with Crippen LogP contribution < -0.4 is 9.62 Å². The number of nitrogens with one attached hydrogen (secondary N) is 1. The van der Waals surface area contributed by atoms with Crippen LogP contribution in [-0.4, -0.2) is 33.2 Å². The lowest BCUT2D eigenvalue weighted by Crippen LogP contribution is -2.41. The first kappa shape index (κ1) is 22.8. The van der Waals surface area contributed by atoms with E-state index in [1.807, 2.05) is 37.3 Å². The minimum absolute atomic E-state index is 0.00575. The summed E-state index contributed by atoms with van der Waals surface area (Å²) in [4.78, 5) is 13.6. The molecule has 1 amide bonds. The summed E-state index contributed by atoms with van der Waals surface area (Å²) in [5.74, 6) is -0.599. The average molecular weight is 459 g/mol. The second-order valence-electron chi connectivity index (χ2n) is 6.79. The number of carbonyl (C=O) groups excluding carboxylic acids is 1. The van der Waals surface area contributed by atoms with Gasteiger partial charge in [-0.05, 0) is 43.3 Å². The first-order valence-corrected chi connectivity index (χ1v) is 12.1. The minimum atomic E-state index is -4.13. The van der Waals surface area contributed by atoms with E-state index in [1.54, 1.807) is 23.9 Å². The molecule has 0 aromatic heterocycles. The fraction of sp³-hybridized carbons (Fsp3) is 0.174. The van der Waals surface area contributed by atoms with E-state index < -0.39 is 28.3 Å². The predicted octanol–water partition coefficient (Wildman–Crippen LogP) is 4.24. The number of aryl methyl sites for hydroxylation is 1. The van der Waals surface area contributed by atoms with E-state index in [0.717, 1.165) is 14.8 Å². The van der Waals surface area contributed by atoms with Gasteiger partial charge < -0.3 is 5.32 Å². The highest BCUT2D eigenvalue weighted by Crippen LogP contribution is 2.26. The van der Waals surface area contributed by atoms with Gasteiger partial charge in [-0.15, -0.1) is 11.8 Å². The molecule has 0 radical (unpaired) electrons. The van der Waals surface area contributed by atoms with Crippen molar-refractivity contribution in [3.05, 3.63) is 90.2 Å². The lowest BCUT2D eigenvalue weighted by atomic mass is 10.2. The highest BCUT2D eigenvalue weighted by Gasteiger charge is 2.29. The summed E-state index contributed by atoms with van der Waals surface area (Å²) in [5.41, 5.74) is 0.724. The van der Waals surface area contributed by atoms with Gasteiger partial charge in [-0.1, -0.05) is 48.0 Å². The number of amides is 1. The van der Waals surface area contributed by atoms with E-state index in [-0.39, 0.29) is 10.6 Å². The summed E-state index contributed by atoms with van der Waals surface area (Å²) in [6.07, 6.45) is 0. The normalized spacial score (nSPS) is 11.2. The van der Waals surface area contributed by atoms with Gasteiger partial charge in [0.2, 0.25) is 5.91 Å². The van der Waals surface area contributed by atoms with Gasteiger partial charge in [0.1, 0.15) is 12.4 Å². The number of halogens is 1. The van der Waals surface area contributed by atoms with E-state index >= 15 is 0 Å². The standard InChI is InChI=1S/C23H23FN2O3S2/c1-18-11-13-20(14-12-18)31(28,29)26(22-10-6-5-9-21(22)24)17-23(27)25-15-16-30-19-7-3-2-4-8-19/h2-14H,15-17H2,1H3,(H,25,27). The average Bonchev–Trinajstić information content (AvgIpc) is 2.77. The van der Waals surface area contributed by atoms with Gasteiger partial charge in [-0.3, -0.25) is 9.10 Å². The van der Waals surface area contributed by atoms with Crippen molar-refractivity contribution in [2.45, 2.75) is 16.7 Å². The Morgan fingerprint density at radius 1 is 0.968 bits per heavy atom. The summed E-state index contributed by atoms with van der Waals surface area (Å²) in [6, 6.07) is 21.5. The second kappa shape index (κ2) is 10.5. The van der Waals surface area contributed by atoms with Gasteiger partial charge in [-0.25, -0.2) is 12.8 Å². The number of benzene rings is 3. The molecule has 1 N–H and O–H groups in total. The molecule has 8 heteroatoms. The monoisotopic (exact) mass is 458 g/mol. The Hall–Kier alpha value is -2.84. The van der Waals surface area contributed by atoms with Crippen LogP contribution in [0.2, 0.25) is 0 Å². The molecule has 162 valence electrons. The molecule has 0 aliphatic carbocycles. The Morgan fingerprint density at radius 2 is 1.61 bits per heavy atom. The number of sulfonamides is 1. The molecular formula is C23H23FN2O3S2. The molecule has 0 aliphatic heterocycles. The lowest BCUT2D eigenvalue weighted by molar-refractivity contribution is -0.119. The topological polar surface area (TPSA) is 66.5 Å². The fourth-order valence-corrected chi connectivity index (χ4v) is 5.07. The van der Waals surface area contributed by atoms with Crippen LogP contribution in [0.25, 0.3) is 0 Å². The first-order chi connectivity index (χ1) is 14.9. The van der Waals surface area contributed by atoms with Gasteiger partial charge in [-0.2, -0.15) is 0 Å². The molecule has 0 spiro atoms. The van der Waals surface area contributed by atoms with Crippen LogP contribution in [0.4, 0.5) is 10.1 Å². The molecule has 31 heavy (non-hydrogen) atoms. The first-order valence-electron chi connectivity index (χ1n) is 9.66. The molecule has 0 aliphatic rings. The summed E-state index contributed by atoms with van der Waals surface area (Å²) in [5, 5.41) is 2.72. The molecule has 3 aromatic carbocycles. The Morgan fingerprint density at radius 3 is 2.29 bits per heavy atom. The zero-order valence-electron chi connectivity index (χ0n) is 17.0. The van der Waals surface area contributed by atoms with Crippen LogP contribution in [-0.2, 0) is 14.8 Å². The summed E-state index contributed by atoms with van der Waals surface area (Å²) >= 11 is 1.58. The lowest BCUT2D eigenvalue weighted by Gasteiger charge is -2.24.